The Morgan fingerprint density at radius 3 is 2.82 bits per heavy atom. The Hall–Kier alpha value is -0.970. The topological polar surface area (TPSA) is 63.1 Å². The molecule has 0 aromatic carbocycles. The molecule has 0 spiro atoms. The smallest absolute Gasteiger partial charge is 0.316 e. The Morgan fingerprint density at radius 1 is 1.73 bits per heavy atom. The highest BCUT2D eigenvalue weighted by molar-refractivity contribution is 7.05. The van der Waals surface area contributed by atoms with E-state index >= 15 is 0 Å². The minimum Gasteiger partial charge on any atom is -0.481 e. The summed E-state index contributed by atoms with van der Waals surface area (Å²) in [6, 6.07) is 0. The maximum absolute atomic E-state index is 10.7. The maximum atomic E-state index is 10.7. The molecule has 1 fully saturated rings. The lowest BCUT2D eigenvalue weighted by atomic mass is 10.1. The second-order valence-electron chi connectivity index (χ2n) is 2.63. The van der Waals surface area contributed by atoms with E-state index in [0.717, 1.165) is 0 Å². The fourth-order valence-corrected chi connectivity index (χ4v) is 1.78. The third-order valence-electron chi connectivity index (χ3n) is 1.93. The predicted molar refractivity (Wildman–Crippen MR) is 38.5 cm³/mol. The number of aliphatic carboxylic acids is 1. The van der Waals surface area contributed by atoms with E-state index in [-0.39, 0.29) is 0 Å². The van der Waals surface area contributed by atoms with Crippen LogP contribution in [-0.2, 0) is 10.2 Å². The van der Waals surface area contributed by atoms with Gasteiger partial charge in [-0.3, -0.25) is 4.79 Å². The Kier molecular flexibility index (Phi) is 1.23. The fraction of sp³-hybridized carbons (Fsp3) is 0.500. The molecular weight excluding hydrogens is 164 g/mol. The van der Waals surface area contributed by atoms with Crippen LogP contribution in [0.3, 0.4) is 0 Å². The van der Waals surface area contributed by atoms with Gasteiger partial charge in [-0.25, -0.2) is 4.98 Å². The third-order valence-corrected chi connectivity index (χ3v) is 2.80. The normalized spacial score (nSPS) is 19.6. The zero-order chi connectivity index (χ0) is 7.90. The van der Waals surface area contributed by atoms with Crippen LogP contribution >= 0.6 is 11.5 Å². The summed E-state index contributed by atoms with van der Waals surface area (Å²) in [6.45, 7) is 0. The van der Waals surface area contributed by atoms with Crippen molar-refractivity contribution in [1.29, 1.82) is 0 Å². The lowest BCUT2D eigenvalue weighted by Gasteiger charge is -2.01. The average Bonchev–Trinajstić information content (AvgIpc) is 2.61. The number of carboxylic acid groups (broad SMARTS) is 1. The van der Waals surface area contributed by atoms with Crippen LogP contribution in [0.15, 0.2) is 6.33 Å². The zero-order valence-electron chi connectivity index (χ0n) is 5.65. The largest absolute Gasteiger partial charge is 0.481 e. The Labute approximate surface area is 67.1 Å². The van der Waals surface area contributed by atoms with Crippen molar-refractivity contribution in [3.8, 4) is 0 Å². The van der Waals surface area contributed by atoms with Crippen LogP contribution in [-0.4, -0.2) is 20.4 Å². The van der Waals surface area contributed by atoms with Crippen LogP contribution in [0.2, 0.25) is 0 Å². The van der Waals surface area contributed by atoms with Crippen LogP contribution in [0.5, 0.6) is 0 Å². The predicted octanol–water partition coefficient (Wildman–Crippen LogP) is 0.654. The number of hydrogen-bond donors (Lipinski definition) is 1. The molecule has 1 aliphatic rings. The van der Waals surface area contributed by atoms with E-state index in [9.17, 15) is 4.79 Å². The lowest BCUT2D eigenvalue weighted by Crippen LogP contribution is -2.18. The van der Waals surface area contributed by atoms with Crippen molar-refractivity contribution in [2.75, 3.05) is 0 Å². The van der Waals surface area contributed by atoms with Gasteiger partial charge in [0.25, 0.3) is 0 Å². The molecule has 1 aromatic rings. The van der Waals surface area contributed by atoms with Gasteiger partial charge < -0.3 is 5.11 Å². The average molecular weight is 170 g/mol. The summed E-state index contributed by atoms with van der Waals surface area (Å²) in [6.07, 6.45) is 2.82. The molecule has 1 aliphatic carbocycles. The van der Waals surface area contributed by atoms with Gasteiger partial charge in [-0.15, -0.1) is 0 Å². The van der Waals surface area contributed by atoms with Gasteiger partial charge in [-0.05, 0) is 24.4 Å². The molecule has 0 amide bonds. The molecule has 0 bridgehead atoms. The zero-order valence-corrected chi connectivity index (χ0v) is 6.47. The summed E-state index contributed by atoms with van der Waals surface area (Å²) in [7, 11) is 0. The highest BCUT2D eigenvalue weighted by atomic mass is 32.1. The summed E-state index contributed by atoms with van der Waals surface area (Å²) < 4.78 is 3.78. The van der Waals surface area contributed by atoms with Crippen LogP contribution < -0.4 is 0 Å². The van der Waals surface area contributed by atoms with Crippen LogP contribution in [0, 0.1) is 0 Å². The minimum atomic E-state index is -0.769. The Morgan fingerprint density at radius 2 is 2.45 bits per heavy atom. The van der Waals surface area contributed by atoms with Crippen molar-refractivity contribution in [3.63, 3.8) is 0 Å². The summed E-state index contributed by atoms with van der Waals surface area (Å²) in [4.78, 5) is 14.6. The highest BCUT2D eigenvalue weighted by Crippen LogP contribution is 2.48. The van der Waals surface area contributed by atoms with Crippen molar-refractivity contribution in [1.82, 2.24) is 9.36 Å². The number of aromatic nitrogens is 2. The molecule has 1 N–H and O–H groups in total. The van der Waals surface area contributed by atoms with E-state index in [1.165, 1.54) is 17.9 Å². The van der Waals surface area contributed by atoms with E-state index < -0.39 is 11.4 Å². The first-order valence-electron chi connectivity index (χ1n) is 3.26. The number of rotatable bonds is 2. The van der Waals surface area contributed by atoms with Gasteiger partial charge in [0.15, 0.2) is 0 Å². The quantitative estimate of drug-likeness (QED) is 0.708. The molecule has 11 heavy (non-hydrogen) atoms. The molecule has 0 radical (unpaired) electrons. The molecule has 4 nitrogen and oxygen atoms in total. The summed E-state index contributed by atoms with van der Waals surface area (Å²) in [5.74, 6) is -0.769. The second-order valence-corrected chi connectivity index (χ2v) is 3.41. The molecule has 0 atom stereocenters. The fourth-order valence-electron chi connectivity index (χ4n) is 1.03. The van der Waals surface area contributed by atoms with Crippen molar-refractivity contribution in [2.45, 2.75) is 18.3 Å². The highest BCUT2D eigenvalue weighted by Gasteiger charge is 2.54. The summed E-state index contributed by atoms with van der Waals surface area (Å²) >= 11 is 1.18. The first-order chi connectivity index (χ1) is 5.26. The van der Waals surface area contributed by atoms with Crippen LogP contribution in [0.25, 0.3) is 0 Å². The summed E-state index contributed by atoms with van der Waals surface area (Å²) in [5.41, 5.74) is -0.666. The number of carbonyl (C=O) groups is 1. The second kappa shape index (κ2) is 2.01. The van der Waals surface area contributed by atoms with E-state index in [1.807, 2.05) is 0 Å². The van der Waals surface area contributed by atoms with Crippen LogP contribution in [0.1, 0.15) is 17.8 Å². The first-order valence-corrected chi connectivity index (χ1v) is 4.03. The van der Waals surface area contributed by atoms with E-state index in [2.05, 4.69) is 9.36 Å². The van der Waals surface area contributed by atoms with Gasteiger partial charge in [0.05, 0.1) is 0 Å². The van der Waals surface area contributed by atoms with E-state index in [1.54, 1.807) is 0 Å². The molecule has 0 aliphatic heterocycles. The molecule has 1 heterocycles. The number of nitrogens with zero attached hydrogens (tertiary/aromatic N) is 2. The van der Waals surface area contributed by atoms with Gasteiger partial charge in [0.1, 0.15) is 16.7 Å². The molecular formula is C6H6N2O2S. The monoisotopic (exact) mass is 170 g/mol. The van der Waals surface area contributed by atoms with Gasteiger partial charge in [0.2, 0.25) is 0 Å². The molecule has 0 unspecified atom stereocenters. The molecule has 5 heteroatoms. The Balaban J connectivity index is 2.36. The van der Waals surface area contributed by atoms with Gasteiger partial charge >= 0.3 is 5.97 Å². The van der Waals surface area contributed by atoms with Crippen molar-refractivity contribution >= 4 is 17.5 Å². The Bertz CT molecular complexity index is 279. The van der Waals surface area contributed by atoms with Crippen molar-refractivity contribution in [2.24, 2.45) is 0 Å². The van der Waals surface area contributed by atoms with E-state index in [0.29, 0.717) is 17.8 Å². The van der Waals surface area contributed by atoms with Gasteiger partial charge in [-0.1, -0.05) is 0 Å². The molecule has 58 valence electrons. The lowest BCUT2D eigenvalue weighted by molar-refractivity contribution is -0.140. The molecule has 1 saturated carbocycles. The molecule has 0 saturated heterocycles. The summed E-state index contributed by atoms with van der Waals surface area (Å²) in [5, 5.41) is 9.46. The van der Waals surface area contributed by atoms with Crippen molar-refractivity contribution in [3.05, 3.63) is 11.3 Å². The van der Waals surface area contributed by atoms with E-state index in [4.69, 9.17) is 5.11 Å². The standard InChI is InChI=1S/C6H6N2O2S/c9-5(10)6(1-2-6)4-7-3-8-11-4/h3H,1-2H2,(H,9,10). The minimum absolute atomic E-state index is 0.644. The first kappa shape index (κ1) is 6.72. The third kappa shape index (κ3) is 0.841. The van der Waals surface area contributed by atoms with Gasteiger partial charge in [-0.2, -0.15) is 4.37 Å². The molecule has 1 aromatic heterocycles. The van der Waals surface area contributed by atoms with Crippen LogP contribution in [0.4, 0.5) is 0 Å². The SMILES string of the molecule is O=C(O)C1(c2ncns2)CC1. The number of hydrogen-bond acceptors (Lipinski definition) is 4. The van der Waals surface area contributed by atoms with Gasteiger partial charge in [0, 0.05) is 0 Å². The molecule has 2 rings (SSSR count). The van der Waals surface area contributed by atoms with Crippen molar-refractivity contribution < 1.29 is 9.90 Å². The number of carboxylic acids is 1. The maximum Gasteiger partial charge on any atom is 0.316 e.